The van der Waals surface area contributed by atoms with E-state index in [2.05, 4.69) is 0 Å². The van der Waals surface area contributed by atoms with Gasteiger partial charge in [0, 0.05) is 19.5 Å². The first kappa shape index (κ1) is 14.8. The maximum atomic E-state index is 11.8. The van der Waals surface area contributed by atoms with Gasteiger partial charge in [0.2, 0.25) is 5.91 Å². The Hall–Kier alpha value is -1.59. The number of rotatable bonds is 5. The average molecular weight is 279 g/mol. The number of carbonyl (C=O) groups is 1. The summed E-state index contributed by atoms with van der Waals surface area (Å²) < 4.78 is 5.55. The van der Waals surface area contributed by atoms with Crippen molar-refractivity contribution in [1.29, 1.82) is 0 Å². The molecule has 2 rings (SSSR count). The second-order valence-corrected chi connectivity index (χ2v) is 5.20. The van der Waals surface area contributed by atoms with E-state index in [0.717, 1.165) is 5.75 Å². The van der Waals surface area contributed by atoms with E-state index in [-0.39, 0.29) is 19.0 Å². The summed E-state index contributed by atoms with van der Waals surface area (Å²) in [4.78, 5) is 13.3. The van der Waals surface area contributed by atoms with Gasteiger partial charge < -0.3 is 19.8 Å². The zero-order valence-electron chi connectivity index (χ0n) is 11.7. The van der Waals surface area contributed by atoms with Crippen LogP contribution in [0.15, 0.2) is 24.3 Å². The summed E-state index contributed by atoms with van der Waals surface area (Å²) in [7, 11) is 0. The normalized spacial score (nSPS) is 22.1. The second kappa shape index (κ2) is 6.72. The first-order chi connectivity index (χ1) is 9.56. The van der Waals surface area contributed by atoms with E-state index < -0.39 is 12.2 Å². The minimum absolute atomic E-state index is 0.0480. The molecule has 1 aromatic rings. The fraction of sp³-hybridized carbons (Fsp3) is 0.533. The molecule has 0 aliphatic carbocycles. The predicted molar refractivity (Wildman–Crippen MR) is 74.5 cm³/mol. The Morgan fingerprint density at radius 3 is 2.45 bits per heavy atom. The van der Waals surface area contributed by atoms with E-state index in [1.165, 1.54) is 10.5 Å². The lowest BCUT2D eigenvalue weighted by Gasteiger charge is -2.15. The first-order valence-electron chi connectivity index (χ1n) is 6.89. The number of hydrogen-bond donors (Lipinski definition) is 2. The molecule has 1 fully saturated rings. The lowest BCUT2D eigenvalue weighted by atomic mass is 10.2. The molecular weight excluding hydrogens is 258 g/mol. The molecule has 0 unspecified atom stereocenters. The Bertz CT molecular complexity index is 436. The number of aryl methyl sites for hydroxylation is 1. The van der Waals surface area contributed by atoms with Gasteiger partial charge in [0.15, 0.2) is 0 Å². The molecule has 1 aliphatic rings. The molecule has 1 saturated heterocycles. The van der Waals surface area contributed by atoms with Crippen LogP contribution in [-0.2, 0) is 4.79 Å². The van der Waals surface area contributed by atoms with Crippen molar-refractivity contribution in [3.63, 3.8) is 0 Å². The summed E-state index contributed by atoms with van der Waals surface area (Å²) in [6.45, 7) is 2.94. The van der Waals surface area contributed by atoms with Crippen molar-refractivity contribution in [1.82, 2.24) is 4.90 Å². The third-order valence-electron chi connectivity index (χ3n) is 3.44. The summed E-state index contributed by atoms with van der Waals surface area (Å²) in [5.41, 5.74) is 1.18. The van der Waals surface area contributed by atoms with Gasteiger partial charge in [-0.05, 0) is 25.5 Å². The quantitative estimate of drug-likeness (QED) is 0.779. The number of ether oxygens (including phenoxy) is 1. The topological polar surface area (TPSA) is 70.0 Å². The van der Waals surface area contributed by atoms with Gasteiger partial charge >= 0.3 is 0 Å². The van der Waals surface area contributed by atoms with Crippen molar-refractivity contribution >= 4 is 5.91 Å². The molecule has 5 heteroatoms. The number of carbonyl (C=O) groups excluding carboxylic acids is 1. The highest BCUT2D eigenvalue weighted by Crippen LogP contribution is 2.14. The molecule has 1 aromatic carbocycles. The van der Waals surface area contributed by atoms with Crippen LogP contribution >= 0.6 is 0 Å². The lowest BCUT2D eigenvalue weighted by Crippen LogP contribution is -2.29. The van der Waals surface area contributed by atoms with Gasteiger partial charge in [0.05, 0.1) is 18.8 Å². The van der Waals surface area contributed by atoms with Gasteiger partial charge in [0.1, 0.15) is 5.75 Å². The molecule has 0 spiro atoms. The van der Waals surface area contributed by atoms with Crippen molar-refractivity contribution in [2.75, 3.05) is 19.7 Å². The van der Waals surface area contributed by atoms with Crippen LogP contribution < -0.4 is 4.74 Å². The van der Waals surface area contributed by atoms with Gasteiger partial charge in [-0.3, -0.25) is 4.79 Å². The highest BCUT2D eigenvalue weighted by molar-refractivity contribution is 5.76. The molecule has 0 bridgehead atoms. The Kier molecular flexibility index (Phi) is 4.98. The number of nitrogens with zero attached hydrogens (tertiary/aromatic N) is 1. The largest absolute Gasteiger partial charge is 0.494 e. The van der Waals surface area contributed by atoms with E-state index in [1.807, 2.05) is 31.2 Å². The first-order valence-corrected chi connectivity index (χ1v) is 6.89. The smallest absolute Gasteiger partial charge is 0.222 e. The number of β-amino-alcohol motifs (C(OH)–C–C–N with tert-alkyl or cyclic N) is 2. The fourth-order valence-electron chi connectivity index (χ4n) is 2.18. The van der Waals surface area contributed by atoms with Crippen LogP contribution in [-0.4, -0.2) is 52.9 Å². The maximum absolute atomic E-state index is 11.8. The van der Waals surface area contributed by atoms with Crippen LogP contribution in [0.3, 0.4) is 0 Å². The third kappa shape index (κ3) is 3.95. The summed E-state index contributed by atoms with van der Waals surface area (Å²) in [5, 5.41) is 18.8. The van der Waals surface area contributed by atoms with Gasteiger partial charge in [0.25, 0.3) is 0 Å². The van der Waals surface area contributed by atoms with Gasteiger partial charge in [-0.2, -0.15) is 0 Å². The molecule has 1 aliphatic heterocycles. The SMILES string of the molecule is Cc1ccc(OCCCC(=O)N2C[C@@H](O)[C@@H](O)C2)cc1. The summed E-state index contributed by atoms with van der Waals surface area (Å²) in [6.07, 6.45) is -0.647. The molecule has 2 N–H and O–H groups in total. The van der Waals surface area contributed by atoms with E-state index >= 15 is 0 Å². The summed E-state index contributed by atoms with van der Waals surface area (Å²) in [6, 6.07) is 7.77. The van der Waals surface area contributed by atoms with E-state index in [9.17, 15) is 15.0 Å². The molecule has 1 amide bonds. The number of aliphatic hydroxyl groups excluding tert-OH is 2. The molecule has 110 valence electrons. The van der Waals surface area contributed by atoms with Crippen molar-refractivity contribution < 1.29 is 19.7 Å². The summed E-state index contributed by atoms with van der Waals surface area (Å²) in [5.74, 6) is 0.753. The van der Waals surface area contributed by atoms with Crippen LogP contribution in [0.1, 0.15) is 18.4 Å². The monoisotopic (exact) mass is 279 g/mol. The Labute approximate surface area is 118 Å². The van der Waals surface area contributed by atoms with Gasteiger partial charge in [-0.25, -0.2) is 0 Å². The molecule has 20 heavy (non-hydrogen) atoms. The zero-order valence-corrected chi connectivity index (χ0v) is 11.7. The molecular formula is C15H21NO4. The summed E-state index contributed by atoms with van der Waals surface area (Å²) >= 11 is 0. The minimum atomic E-state index is -0.817. The molecule has 1 heterocycles. The minimum Gasteiger partial charge on any atom is -0.494 e. The Balaban J connectivity index is 1.66. The Morgan fingerprint density at radius 2 is 1.85 bits per heavy atom. The zero-order chi connectivity index (χ0) is 14.5. The van der Waals surface area contributed by atoms with Crippen molar-refractivity contribution in [2.24, 2.45) is 0 Å². The standard InChI is InChI=1S/C15H21NO4/c1-11-4-6-12(7-5-11)20-8-2-3-15(19)16-9-13(17)14(18)10-16/h4-7,13-14,17-18H,2-3,8-10H2,1H3/t13-,14+. The molecule has 2 atom stereocenters. The van der Waals surface area contributed by atoms with Gasteiger partial charge in [-0.15, -0.1) is 0 Å². The van der Waals surface area contributed by atoms with Crippen molar-refractivity contribution in [3.8, 4) is 5.75 Å². The van der Waals surface area contributed by atoms with Crippen LogP contribution in [0.5, 0.6) is 5.75 Å². The molecule has 0 aromatic heterocycles. The van der Waals surface area contributed by atoms with Gasteiger partial charge in [-0.1, -0.05) is 17.7 Å². The van der Waals surface area contributed by atoms with Crippen molar-refractivity contribution in [2.45, 2.75) is 32.0 Å². The third-order valence-corrected chi connectivity index (χ3v) is 3.44. The number of amides is 1. The molecule has 0 saturated carbocycles. The van der Waals surface area contributed by atoms with Crippen LogP contribution in [0, 0.1) is 6.92 Å². The van der Waals surface area contributed by atoms with E-state index in [1.54, 1.807) is 0 Å². The maximum Gasteiger partial charge on any atom is 0.222 e. The average Bonchev–Trinajstić information content (AvgIpc) is 2.77. The van der Waals surface area contributed by atoms with E-state index in [0.29, 0.717) is 19.4 Å². The number of benzene rings is 1. The molecule has 5 nitrogen and oxygen atoms in total. The number of likely N-dealkylation sites (tertiary alicyclic amines) is 1. The van der Waals surface area contributed by atoms with Crippen LogP contribution in [0.2, 0.25) is 0 Å². The lowest BCUT2D eigenvalue weighted by molar-refractivity contribution is -0.130. The fourth-order valence-corrected chi connectivity index (χ4v) is 2.18. The Morgan fingerprint density at radius 1 is 1.25 bits per heavy atom. The predicted octanol–water partition coefficient (Wildman–Crippen LogP) is 0.718. The highest BCUT2D eigenvalue weighted by Gasteiger charge is 2.31. The highest BCUT2D eigenvalue weighted by atomic mass is 16.5. The van der Waals surface area contributed by atoms with Crippen molar-refractivity contribution in [3.05, 3.63) is 29.8 Å². The van der Waals surface area contributed by atoms with Crippen LogP contribution in [0.4, 0.5) is 0 Å². The van der Waals surface area contributed by atoms with Crippen LogP contribution in [0.25, 0.3) is 0 Å². The number of aliphatic hydroxyl groups is 2. The second-order valence-electron chi connectivity index (χ2n) is 5.20. The molecule has 0 radical (unpaired) electrons. The number of hydrogen-bond acceptors (Lipinski definition) is 4. The van der Waals surface area contributed by atoms with E-state index in [4.69, 9.17) is 4.74 Å².